The Bertz CT molecular complexity index is 1230. The quantitative estimate of drug-likeness (QED) is 0.429. The van der Waals surface area contributed by atoms with Crippen molar-refractivity contribution in [2.75, 3.05) is 25.6 Å². The molecule has 4 rings (SSSR count). The number of nitrogens with one attached hydrogen (secondary N) is 2. The number of ether oxygens (including phenoxy) is 2. The predicted octanol–water partition coefficient (Wildman–Crippen LogP) is 3.93. The lowest BCUT2D eigenvalue weighted by molar-refractivity contribution is -0.116. The molecule has 0 saturated carbocycles. The molecule has 1 aliphatic carbocycles. The fraction of sp³-hybridized carbons (Fsp3) is 0.385. The van der Waals surface area contributed by atoms with Gasteiger partial charge in [0, 0.05) is 36.8 Å². The van der Waals surface area contributed by atoms with Crippen molar-refractivity contribution in [2.45, 2.75) is 38.6 Å². The Balaban J connectivity index is 1.26. The summed E-state index contributed by atoms with van der Waals surface area (Å²) in [6, 6.07) is 9.92. The number of imidazole rings is 1. The molecule has 10 heteroatoms. The van der Waals surface area contributed by atoms with Crippen molar-refractivity contribution < 1.29 is 19.1 Å². The molecule has 9 nitrogen and oxygen atoms in total. The fourth-order valence-corrected chi connectivity index (χ4v) is 5.56. The first-order chi connectivity index (χ1) is 17.6. The summed E-state index contributed by atoms with van der Waals surface area (Å²) in [5, 5.41) is 16.0. The first kappa shape index (κ1) is 25.3. The molecule has 1 aromatic carbocycles. The van der Waals surface area contributed by atoms with Crippen LogP contribution in [0.3, 0.4) is 0 Å². The molecule has 36 heavy (non-hydrogen) atoms. The minimum atomic E-state index is -0.436. The van der Waals surface area contributed by atoms with Crippen LogP contribution in [0.1, 0.15) is 34.4 Å². The van der Waals surface area contributed by atoms with Crippen LogP contribution in [-0.2, 0) is 35.3 Å². The van der Waals surface area contributed by atoms with Crippen LogP contribution < -0.4 is 15.4 Å². The highest BCUT2D eigenvalue weighted by Crippen LogP contribution is 2.39. The Kier molecular flexibility index (Phi) is 8.57. The summed E-state index contributed by atoms with van der Waals surface area (Å²) in [7, 11) is 1.61. The van der Waals surface area contributed by atoms with Gasteiger partial charge in [0.15, 0.2) is 0 Å². The Morgan fingerprint density at radius 1 is 1.36 bits per heavy atom. The number of aryl methyl sites for hydroxylation is 1. The third kappa shape index (κ3) is 6.64. The lowest BCUT2D eigenvalue weighted by atomic mass is 9.88. The van der Waals surface area contributed by atoms with E-state index < -0.39 is 6.09 Å². The van der Waals surface area contributed by atoms with Gasteiger partial charge in [0.1, 0.15) is 16.8 Å². The fourth-order valence-electron chi connectivity index (χ4n) is 4.23. The summed E-state index contributed by atoms with van der Waals surface area (Å²) in [6.45, 7) is 1.40. The molecule has 2 aromatic heterocycles. The molecule has 1 aliphatic rings. The molecule has 1 atom stereocenters. The number of amides is 2. The second-order valence-corrected chi connectivity index (χ2v) is 9.76. The number of thiophene rings is 1. The second kappa shape index (κ2) is 12.2. The zero-order valence-electron chi connectivity index (χ0n) is 20.2. The third-order valence-electron chi connectivity index (χ3n) is 6.16. The van der Waals surface area contributed by atoms with E-state index >= 15 is 0 Å². The maximum absolute atomic E-state index is 12.6. The van der Waals surface area contributed by atoms with Crippen LogP contribution in [-0.4, -0.2) is 41.8 Å². The van der Waals surface area contributed by atoms with Crippen LogP contribution >= 0.6 is 11.3 Å². The van der Waals surface area contributed by atoms with Gasteiger partial charge in [0.05, 0.1) is 25.6 Å². The molecular formula is C26H29N5O4S. The number of nitriles is 1. The molecule has 1 unspecified atom stereocenters. The number of nitrogens with zero attached hydrogens (tertiary/aromatic N) is 3. The normalized spacial score (nSPS) is 14.4. The van der Waals surface area contributed by atoms with Gasteiger partial charge in [0.25, 0.3) is 0 Å². The van der Waals surface area contributed by atoms with Gasteiger partial charge in [-0.3, -0.25) is 4.79 Å². The number of carbonyl (C=O) groups is 2. The maximum atomic E-state index is 12.6. The number of hydrogen-bond acceptors (Lipinski definition) is 7. The zero-order valence-corrected chi connectivity index (χ0v) is 21.0. The number of benzene rings is 1. The van der Waals surface area contributed by atoms with E-state index in [1.165, 1.54) is 11.3 Å². The summed E-state index contributed by atoms with van der Waals surface area (Å²) in [6.07, 6.45) is 7.95. The molecule has 3 aromatic rings. The summed E-state index contributed by atoms with van der Waals surface area (Å²) < 4.78 is 12.5. The van der Waals surface area contributed by atoms with Crippen molar-refractivity contribution in [1.82, 2.24) is 14.9 Å². The van der Waals surface area contributed by atoms with Crippen molar-refractivity contribution >= 4 is 28.3 Å². The van der Waals surface area contributed by atoms with Gasteiger partial charge in [-0.25, -0.2) is 9.78 Å². The van der Waals surface area contributed by atoms with Crippen LogP contribution in [0.2, 0.25) is 0 Å². The molecule has 0 spiro atoms. The number of anilines is 1. The van der Waals surface area contributed by atoms with Crippen LogP contribution in [0.15, 0.2) is 43.0 Å². The van der Waals surface area contributed by atoms with E-state index in [1.54, 1.807) is 19.6 Å². The number of hydrogen-bond donors (Lipinski definition) is 2. The topological polar surface area (TPSA) is 118 Å². The molecule has 0 aliphatic heterocycles. The van der Waals surface area contributed by atoms with Gasteiger partial charge in [-0.2, -0.15) is 5.26 Å². The molecule has 0 fully saturated rings. The number of fused-ring (bicyclic) bond motifs is 1. The van der Waals surface area contributed by atoms with Crippen molar-refractivity contribution in [3.8, 4) is 11.8 Å². The van der Waals surface area contributed by atoms with Crippen LogP contribution in [0.5, 0.6) is 5.75 Å². The predicted molar refractivity (Wildman–Crippen MR) is 136 cm³/mol. The Morgan fingerprint density at radius 2 is 2.25 bits per heavy atom. The third-order valence-corrected chi connectivity index (χ3v) is 7.33. The number of alkyl carbamates (subject to hydrolysis) is 1. The summed E-state index contributed by atoms with van der Waals surface area (Å²) in [4.78, 5) is 29.7. The highest BCUT2D eigenvalue weighted by molar-refractivity contribution is 7.16. The van der Waals surface area contributed by atoms with Gasteiger partial charge in [-0.1, -0.05) is 12.1 Å². The monoisotopic (exact) mass is 507 g/mol. The van der Waals surface area contributed by atoms with Gasteiger partial charge < -0.3 is 24.7 Å². The number of methoxy groups -OCH3 is 1. The van der Waals surface area contributed by atoms with Crippen molar-refractivity contribution in [1.29, 1.82) is 5.26 Å². The minimum Gasteiger partial charge on any atom is -0.497 e. The molecule has 2 amide bonds. The van der Waals surface area contributed by atoms with Crippen LogP contribution in [0.25, 0.3) is 0 Å². The average Bonchev–Trinajstić information content (AvgIpc) is 3.53. The van der Waals surface area contributed by atoms with Crippen LogP contribution in [0, 0.1) is 17.2 Å². The average molecular weight is 508 g/mol. The number of carbonyl (C=O) groups excluding carboxylic acids is 2. The first-order valence-electron chi connectivity index (χ1n) is 11.9. The Morgan fingerprint density at radius 3 is 3.03 bits per heavy atom. The molecule has 0 radical (unpaired) electrons. The van der Waals surface area contributed by atoms with E-state index in [9.17, 15) is 14.9 Å². The van der Waals surface area contributed by atoms with Gasteiger partial charge >= 0.3 is 6.09 Å². The van der Waals surface area contributed by atoms with Crippen molar-refractivity contribution in [3.05, 3.63) is 64.6 Å². The molecule has 0 saturated heterocycles. The van der Waals surface area contributed by atoms with E-state index in [-0.39, 0.29) is 11.8 Å². The Hall–Kier alpha value is -3.84. The molecule has 188 valence electrons. The van der Waals surface area contributed by atoms with Gasteiger partial charge in [0.2, 0.25) is 5.91 Å². The largest absolute Gasteiger partial charge is 0.497 e. The van der Waals surface area contributed by atoms with E-state index in [1.807, 2.05) is 35.0 Å². The standard InChI is InChI=1S/C26H29N5O4S/c1-34-20-4-2-3-18(13-20)6-8-24(32)30-25-22(15-27)21-7-5-19(14-23(21)36-25)16-35-26(33)29-10-12-31-11-9-28-17-31/h2-4,9,11,13,17,19H,5-8,10,12,14,16H2,1H3,(H,29,33)(H,30,32). The van der Waals surface area contributed by atoms with Crippen molar-refractivity contribution in [3.63, 3.8) is 0 Å². The van der Waals surface area contributed by atoms with Gasteiger partial charge in [-0.15, -0.1) is 11.3 Å². The van der Waals surface area contributed by atoms with E-state index in [4.69, 9.17) is 9.47 Å². The summed E-state index contributed by atoms with van der Waals surface area (Å²) in [5.41, 5.74) is 2.58. The molecule has 2 N–H and O–H groups in total. The molecular weight excluding hydrogens is 478 g/mol. The first-order valence-corrected chi connectivity index (χ1v) is 12.7. The lowest BCUT2D eigenvalue weighted by Crippen LogP contribution is -2.30. The smallest absolute Gasteiger partial charge is 0.407 e. The summed E-state index contributed by atoms with van der Waals surface area (Å²) in [5.74, 6) is 0.815. The van der Waals surface area contributed by atoms with Crippen LogP contribution in [0.4, 0.5) is 9.80 Å². The SMILES string of the molecule is COc1cccc(CCC(=O)Nc2sc3c(c2C#N)CCC(COC(=O)NCCn2ccnc2)C3)c1. The highest BCUT2D eigenvalue weighted by Gasteiger charge is 2.27. The van der Waals surface area contributed by atoms with E-state index in [0.29, 0.717) is 43.1 Å². The minimum absolute atomic E-state index is 0.125. The number of aromatic nitrogens is 2. The molecule has 0 bridgehead atoms. The highest BCUT2D eigenvalue weighted by atomic mass is 32.1. The maximum Gasteiger partial charge on any atom is 0.407 e. The van der Waals surface area contributed by atoms with E-state index in [2.05, 4.69) is 21.7 Å². The zero-order chi connectivity index (χ0) is 25.3. The Labute approximate surface area is 214 Å². The number of rotatable bonds is 10. The lowest BCUT2D eigenvalue weighted by Gasteiger charge is -2.21. The second-order valence-electron chi connectivity index (χ2n) is 8.65. The van der Waals surface area contributed by atoms with E-state index in [0.717, 1.165) is 41.0 Å². The summed E-state index contributed by atoms with van der Waals surface area (Å²) >= 11 is 1.45. The molecule has 2 heterocycles. The van der Waals surface area contributed by atoms with Gasteiger partial charge in [-0.05, 0) is 54.9 Å². The van der Waals surface area contributed by atoms with Crippen molar-refractivity contribution in [2.24, 2.45) is 5.92 Å².